The van der Waals surface area contributed by atoms with Gasteiger partial charge >= 0.3 is 0 Å². The summed E-state index contributed by atoms with van der Waals surface area (Å²) < 4.78 is 31.8. The maximum atomic E-state index is 12.6. The van der Waals surface area contributed by atoms with Gasteiger partial charge in [-0.25, -0.2) is 8.42 Å². The molecule has 1 aliphatic heterocycles. The molecule has 1 unspecified atom stereocenters. The molecule has 0 radical (unpaired) electrons. The molecule has 1 aliphatic rings. The first kappa shape index (κ1) is 16.3. The number of likely N-dealkylation sites (N-methyl/N-ethyl adjacent to an activating group) is 1. The van der Waals surface area contributed by atoms with Gasteiger partial charge in [-0.3, -0.25) is 0 Å². The summed E-state index contributed by atoms with van der Waals surface area (Å²) in [5, 5.41) is 0.439. The molecule has 1 atom stereocenters. The van der Waals surface area contributed by atoms with Crippen LogP contribution in [0.15, 0.2) is 17.0 Å². The molecule has 1 fully saturated rings. The van der Waals surface area contributed by atoms with Crippen molar-refractivity contribution >= 4 is 44.8 Å². The standard InChI is InChI=1S/C12H14Cl3NO3S/c1-16(8-4-5-19-7-8)20(17,18)11-3-2-10(14)9(6-13)12(11)15/h2-3,8H,4-7H2,1H3. The summed E-state index contributed by atoms with van der Waals surface area (Å²) in [5.74, 6) is 0.0529. The van der Waals surface area contributed by atoms with Crippen LogP contribution in [0, 0.1) is 0 Å². The summed E-state index contributed by atoms with van der Waals surface area (Å²) in [5.41, 5.74) is 0.423. The maximum absolute atomic E-state index is 12.6. The number of rotatable bonds is 4. The van der Waals surface area contributed by atoms with Crippen molar-refractivity contribution in [2.45, 2.75) is 23.2 Å². The number of sulfonamides is 1. The Morgan fingerprint density at radius 3 is 2.65 bits per heavy atom. The average molecular weight is 359 g/mol. The van der Waals surface area contributed by atoms with Crippen molar-refractivity contribution in [1.29, 1.82) is 0 Å². The molecule has 20 heavy (non-hydrogen) atoms. The number of nitrogens with zero attached hydrogens (tertiary/aromatic N) is 1. The Bertz CT molecular complexity index is 600. The zero-order valence-corrected chi connectivity index (χ0v) is 13.9. The number of benzene rings is 1. The molecule has 4 nitrogen and oxygen atoms in total. The number of hydrogen-bond donors (Lipinski definition) is 0. The highest BCUT2D eigenvalue weighted by Gasteiger charge is 2.32. The van der Waals surface area contributed by atoms with E-state index in [2.05, 4.69) is 0 Å². The lowest BCUT2D eigenvalue weighted by Crippen LogP contribution is -2.37. The van der Waals surface area contributed by atoms with Crippen LogP contribution < -0.4 is 0 Å². The predicted octanol–water partition coefficient (Wildman–Crippen LogP) is 3.14. The molecule has 1 aromatic carbocycles. The van der Waals surface area contributed by atoms with Crippen LogP contribution in [-0.4, -0.2) is 39.0 Å². The van der Waals surface area contributed by atoms with E-state index >= 15 is 0 Å². The third kappa shape index (κ3) is 2.93. The largest absolute Gasteiger partial charge is 0.380 e. The van der Waals surface area contributed by atoms with Crippen molar-refractivity contribution < 1.29 is 13.2 Å². The molecule has 112 valence electrons. The van der Waals surface area contributed by atoms with Gasteiger partial charge in [0.2, 0.25) is 10.0 Å². The Kier molecular flexibility index (Phi) is 5.21. The van der Waals surface area contributed by atoms with Gasteiger partial charge in [-0.2, -0.15) is 4.31 Å². The number of halogens is 3. The van der Waals surface area contributed by atoms with Gasteiger partial charge in [-0.05, 0) is 18.6 Å². The molecule has 0 spiro atoms. The molecule has 1 aromatic rings. The smallest absolute Gasteiger partial charge is 0.244 e. The highest BCUT2D eigenvalue weighted by atomic mass is 35.5. The summed E-state index contributed by atoms with van der Waals surface area (Å²) in [4.78, 5) is 0.0219. The minimum absolute atomic E-state index is 0.0219. The monoisotopic (exact) mass is 357 g/mol. The molecule has 0 N–H and O–H groups in total. The molecule has 0 bridgehead atoms. The molecule has 0 aliphatic carbocycles. The van der Waals surface area contributed by atoms with Crippen molar-refractivity contribution in [2.24, 2.45) is 0 Å². The lowest BCUT2D eigenvalue weighted by Gasteiger charge is -2.23. The molecular formula is C12H14Cl3NO3S. The minimum atomic E-state index is -3.70. The highest BCUT2D eigenvalue weighted by molar-refractivity contribution is 7.89. The van der Waals surface area contributed by atoms with Crippen LogP contribution in [-0.2, 0) is 20.6 Å². The number of ether oxygens (including phenoxy) is 1. The van der Waals surface area contributed by atoms with Crippen LogP contribution in [0.5, 0.6) is 0 Å². The summed E-state index contributed by atoms with van der Waals surface area (Å²) in [6.45, 7) is 0.953. The number of hydrogen-bond acceptors (Lipinski definition) is 3. The average Bonchev–Trinajstić information content (AvgIpc) is 2.91. The van der Waals surface area contributed by atoms with E-state index in [1.54, 1.807) is 0 Å². The topological polar surface area (TPSA) is 46.6 Å². The van der Waals surface area contributed by atoms with E-state index in [-0.39, 0.29) is 21.8 Å². The van der Waals surface area contributed by atoms with Crippen molar-refractivity contribution in [3.63, 3.8) is 0 Å². The quantitative estimate of drug-likeness (QED) is 0.777. The molecule has 0 saturated carbocycles. The lowest BCUT2D eigenvalue weighted by molar-refractivity contribution is 0.181. The molecule has 8 heteroatoms. The Morgan fingerprint density at radius 2 is 2.10 bits per heavy atom. The van der Waals surface area contributed by atoms with Crippen LogP contribution in [0.4, 0.5) is 0 Å². The normalized spacial score (nSPS) is 19.8. The molecule has 0 aromatic heterocycles. The van der Waals surface area contributed by atoms with E-state index in [4.69, 9.17) is 39.5 Å². The fraction of sp³-hybridized carbons (Fsp3) is 0.500. The summed E-state index contributed by atoms with van der Waals surface area (Å²) in [6, 6.07) is 2.73. The Balaban J connectivity index is 2.44. The van der Waals surface area contributed by atoms with Crippen LogP contribution in [0.2, 0.25) is 10.0 Å². The van der Waals surface area contributed by atoms with Crippen LogP contribution in [0.1, 0.15) is 12.0 Å². The fourth-order valence-corrected chi connectivity index (χ4v) is 4.73. The van der Waals surface area contributed by atoms with E-state index in [0.29, 0.717) is 30.2 Å². The van der Waals surface area contributed by atoms with E-state index < -0.39 is 10.0 Å². The van der Waals surface area contributed by atoms with E-state index in [0.717, 1.165) is 0 Å². The van der Waals surface area contributed by atoms with Crippen molar-refractivity contribution in [3.05, 3.63) is 27.7 Å². The van der Waals surface area contributed by atoms with Crippen molar-refractivity contribution in [3.8, 4) is 0 Å². The van der Waals surface area contributed by atoms with Gasteiger partial charge in [-0.15, -0.1) is 11.6 Å². The SMILES string of the molecule is CN(C1CCOC1)S(=O)(=O)c1ccc(Cl)c(CCl)c1Cl. The van der Waals surface area contributed by atoms with Crippen LogP contribution in [0.25, 0.3) is 0 Å². The second-order valence-electron chi connectivity index (χ2n) is 4.51. The zero-order valence-electron chi connectivity index (χ0n) is 10.8. The third-order valence-electron chi connectivity index (χ3n) is 3.36. The lowest BCUT2D eigenvalue weighted by atomic mass is 10.2. The molecule has 1 heterocycles. The van der Waals surface area contributed by atoms with Gasteiger partial charge in [0, 0.05) is 24.2 Å². The van der Waals surface area contributed by atoms with E-state index in [1.165, 1.54) is 23.5 Å². The van der Waals surface area contributed by atoms with Crippen molar-refractivity contribution in [1.82, 2.24) is 4.31 Å². The van der Waals surface area contributed by atoms with E-state index in [9.17, 15) is 8.42 Å². The summed E-state index contributed by atoms with van der Waals surface area (Å²) in [7, 11) is -2.17. The number of alkyl halides is 1. The van der Waals surface area contributed by atoms with Crippen LogP contribution in [0.3, 0.4) is 0 Å². The van der Waals surface area contributed by atoms with Crippen LogP contribution >= 0.6 is 34.8 Å². The van der Waals surface area contributed by atoms with Gasteiger partial charge in [0.15, 0.2) is 0 Å². The summed E-state index contributed by atoms with van der Waals surface area (Å²) >= 11 is 17.9. The van der Waals surface area contributed by atoms with Gasteiger partial charge in [0.25, 0.3) is 0 Å². The zero-order chi connectivity index (χ0) is 14.9. The van der Waals surface area contributed by atoms with Gasteiger partial charge in [0.1, 0.15) is 4.90 Å². The first-order valence-corrected chi connectivity index (χ1v) is 8.71. The van der Waals surface area contributed by atoms with Crippen molar-refractivity contribution in [2.75, 3.05) is 20.3 Å². The molecular weight excluding hydrogens is 345 g/mol. The molecule has 2 rings (SSSR count). The minimum Gasteiger partial charge on any atom is -0.380 e. The van der Waals surface area contributed by atoms with Gasteiger partial charge < -0.3 is 4.74 Å². The second kappa shape index (κ2) is 6.38. The third-order valence-corrected chi connectivity index (χ3v) is 6.48. The predicted molar refractivity (Wildman–Crippen MR) is 80.2 cm³/mol. The highest BCUT2D eigenvalue weighted by Crippen LogP contribution is 2.34. The van der Waals surface area contributed by atoms with E-state index in [1.807, 2.05) is 0 Å². The maximum Gasteiger partial charge on any atom is 0.244 e. The fourth-order valence-electron chi connectivity index (χ4n) is 2.06. The molecule has 1 saturated heterocycles. The Hall–Kier alpha value is -0.0400. The Labute approximate surface area is 133 Å². The van der Waals surface area contributed by atoms with Gasteiger partial charge in [0.05, 0.1) is 23.6 Å². The first-order chi connectivity index (χ1) is 9.39. The van der Waals surface area contributed by atoms with Gasteiger partial charge in [-0.1, -0.05) is 23.2 Å². The summed E-state index contributed by atoms with van der Waals surface area (Å²) in [6.07, 6.45) is 0.670. The Morgan fingerprint density at radius 1 is 1.40 bits per heavy atom. The first-order valence-electron chi connectivity index (χ1n) is 5.98. The molecule has 0 amide bonds. The second-order valence-corrected chi connectivity index (χ2v) is 7.53.